The molecule has 2 N–H and O–H groups in total. The van der Waals surface area contributed by atoms with Crippen molar-refractivity contribution in [3.05, 3.63) is 0 Å². The largest absolute Gasteiger partial charge is 0.376 e. The maximum atomic E-state index is 5.68. The number of hydrogen-bond donors (Lipinski definition) is 1. The van der Waals surface area contributed by atoms with Crippen molar-refractivity contribution in [1.82, 2.24) is 4.90 Å². The molecule has 0 aromatic rings. The second kappa shape index (κ2) is 3.21. The molecule has 0 bridgehead atoms. The number of piperidine rings is 1. The van der Waals surface area contributed by atoms with E-state index < -0.39 is 0 Å². The first kappa shape index (κ1) is 8.30. The van der Waals surface area contributed by atoms with Gasteiger partial charge in [-0.15, -0.1) is 0 Å². The number of thiocarbonyl (C=S) groups is 1. The van der Waals surface area contributed by atoms with Crippen LogP contribution in [0.2, 0.25) is 0 Å². The third-order valence-electron chi connectivity index (χ3n) is 3.28. The van der Waals surface area contributed by atoms with E-state index in [-0.39, 0.29) is 0 Å². The van der Waals surface area contributed by atoms with E-state index >= 15 is 0 Å². The zero-order valence-electron chi connectivity index (χ0n) is 7.33. The van der Waals surface area contributed by atoms with Gasteiger partial charge in [-0.05, 0) is 43.8 Å². The maximum Gasteiger partial charge on any atom is 0.166 e. The van der Waals surface area contributed by atoms with Crippen molar-refractivity contribution >= 4 is 17.3 Å². The number of likely N-dealkylation sites (tertiary alicyclic amines) is 1. The number of fused-ring (bicyclic) bond motifs is 1. The molecule has 2 atom stereocenters. The number of nitrogens with zero attached hydrogens (tertiary/aromatic N) is 1. The SMILES string of the molecule is NC(=S)N1CCCC2CCCC21. The van der Waals surface area contributed by atoms with Gasteiger partial charge in [0.15, 0.2) is 5.11 Å². The highest BCUT2D eigenvalue weighted by Crippen LogP contribution is 2.36. The van der Waals surface area contributed by atoms with Crippen LogP contribution in [0.1, 0.15) is 32.1 Å². The summed E-state index contributed by atoms with van der Waals surface area (Å²) in [6.45, 7) is 1.09. The van der Waals surface area contributed by atoms with Gasteiger partial charge < -0.3 is 10.6 Å². The van der Waals surface area contributed by atoms with Crippen molar-refractivity contribution in [2.75, 3.05) is 6.54 Å². The van der Waals surface area contributed by atoms with Gasteiger partial charge in [0.05, 0.1) is 0 Å². The molecule has 1 saturated carbocycles. The van der Waals surface area contributed by atoms with Gasteiger partial charge in [-0.25, -0.2) is 0 Å². The highest BCUT2D eigenvalue weighted by Gasteiger charge is 2.35. The molecule has 0 amide bonds. The third kappa shape index (κ3) is 1.30. The van der Waals surface area contributed by atoms with E-state index in [1.165, 1.54) is 32.1 Å². The Morgan fingerprint density at radius 3 is 2.75 bits per heavy atom. The molecule has 3 heteroatoms. The molecule has 1 aliphatic heterocycles. The smallest absolute Gasteiger partial charge is 0.166 e. The Balaban J connectivity index is 2.08. The molecule has 12 heavy (non-hydrogen) atoms. The van der Waals surface area contributed by atoms with Crippen LogP contribution in [0.25, 0.3) is 0 Å². The fraction of sp³-hybridized carbons (Fsp3) is 0.889. The first-order chi connectivity index (χ1) is 5.79. The molecular formula is C9H16N2S. The van der Waals surface area contributed by atoms with Crippen LogP contribution in [-0.4, -0.2) is 22.6 Å². The summed E-state index contributed by atoms with van der Waals surface area (Å²) in [5, 5.41) is 0.617. The van der Waals surface area contributed by atoms with Gasteiger partial charge in [-0.3, -0.25) is 0 Å². The molecule has 68 valence electrons. The van der Waals surface area contributed by atoms with Crippen LogP contribution in [0.5, 0.6) is 0 Å². The summed E-state index contributed by atoms with van der Waals surface area (Å²) in [6, 6.07) is 0.691. The van der Waals surface area contributed by atoms with Gasteiger partial charge in [-0.1, -0.05) is 6.42 Å². The van der Waals surface area contributed by atoms with Gasteiger partial charge in [0.25, 0.3) is 0 Å². The van der Waals surface area contributed by atoms with Crippen LogP contribution in [0, 0.1) is 5.92 Å². The molecule has 0 radical (unpaired) electrons. The fourth-order valence-electron chi connectivity index (χ4n) is 2.73. The zero-order chi connectivity index (χ0) is 8.55. The second-order valence-corrected chi connectivity index (χ2v) is 4.35. The first-order valence-corrected chi connectivity index (χ1v) is 5.26. The van der Waals surface area contributed by atoms with Crippen LogP contribution in [0.15, 0.2) is 0 Å². The van der Waals surface area contributed by atoms with Gasteiger partial charge >= 0.3 is 0 Å². The molecule has 2 fully saturated rings. The standard InChI is InChI=1S/C9H16N2S/c10-9(12)11-6-2-4-7-3-1-5-8(7)11/h7-8H,1-6H2,(H2,10,12). The predicted octanol–water partition coefficient (Wildman–Crippen LogP) is 1.49. The minimum absolute atomic E-state index is 0.617. The topological polar surface area (TPSA) is 29.3 Å². The van der Waals surface area contributed by atoms with Crippen molar-refractivity contribution in [2.24, 2.45) is 11.7 Å². The van der Waals surface area contributed by atoms with Gasteiger partial charge in [-0.2, -0.15) is 0 Å². The molecule has 2 rings (SSSR count). The average Bonchev–Trinajstić information content (AvgIpc) is 2.49. The van der Waals surface area contributed by atoms with E-state index in [0.717, 1.165) is 12.5 Å². The van der Waals surface area contributed by atoms with Crippen LogP contribution < -0.4 is 5.73 Å². The summed E-state index contributed by atoms with van der Waals surface area (Å²) in [4.78, 5) is 2.25. The minimum Gasteiger partial charge on any atom is -0.376 e. The molecule has 1 aliphatic carbocycles. The zero-order valence-corrected chi connectivity index (χ0v) is 8.15. The quantitative estimate of drug-likeness (QED) is 0.578. The maximum absolute atomic E-state index is 5.68. The monoisotopic (exact) mass is 184 g/mol. The molecule has 1 heterocycles. The second-order valence-electron chi connectivity index (χ2n) is 3.93. The highest BCUT2D eigenvalue weighted by atomic mass is 32.1. The Kier molecular flexibility index (Phi) is 2.22. The fourth-order valence-corrected chi connectivity index (χ4v) is 2.95. The Hall–Kier alpha value is -0.310. The summed E-state index contributed by atoms with van der Waals surface area (Å²) in [5.74, 6) is 0.889. The molecule has 2 nitrogen and oxygen atoms in total. The lowest BCUT2D eigenvalue weighted by atomic mass is 9.92. The molecule has 0 aromatic carbocycles. The van der Waals surface area contributed by atoms with Crippen LogP contribution in [0.3, 0.4) is 0 Å². The normalized spacial score (nSPS) is 34.8. The third-order valence-corrected chi connectivity index (χ3v) is 3.51. The predicted molar refractivity (Wildman–Crippen MR) is 53.9 cm³/mol. The van der Waals surface area contributed by atoms with E-state index in [1.54, 1.807) is 0 Å². The lowest BCUT2D eigenvalue weighted by Crippen LogP contribution is -2.48. The molecule has 1 saturated heterocycles. The Bertz CT molecular complexity index is 193. The summed E-state index contributed by atoms with van der Waals surface area (Å²) in [6.07, 6.45) is 6.74. The molecule has 0 aromatic heterocycles. The van der Waals surface area contributed by atoms with E-state index in [0.29, 0.717) is 11.2 Å². The molecular weight excluding hydrogens is 168 g/mol. The van der Waals surface area contributed by atoms with Crippen LogP contribution >= 0.6 is 12.2 Å². The molecule has 2 unspecified atom stereocenters. The Labute approximate surface area is 79.1 Å². The minimum atomic E-state index is 0.617. The van der Waals surface area contributed by atoms with Crippen molar-refractivity contribution in [2.45, 2.75) is 38.1 Å². The number of rotatable bonds is 0. The molecule has 0 spiro atoms. The Morgan fingerprint density at radius 1 is 1.25 bits per heavy atom. The first-order valence-electron chi connectivity index (χ1n) is 4.85. The van der Waals surface area contributed by atoms with Crippen LogP contribution in [-0.2, 0) is 0 Å². The molecule has 2 aliphatic rings. The van der Waals surface area contributed by atoms with E-state index in [2.05, 4.69) is 4.90 Å². The highest BCUT2D eigenvalue weighted by molar-refractivity contribution is 7.80. The van der Waals surface area contributed by atoms with E-state index in [9.17, 15) is 0 Å². The summed E-state index contributed by atoms with van der Waals surface area (Å²) in [7, 11) is 0. The lowest BCUT2D eigenvalue weighted by molar-refractivity contribution is 0.192. The Morgan fingerprint density at radius 2 is 2.00 bits per heavy atom. The van der Waals surface area contributed by atoms with E-state index in [1.807, 2.05) is 0 Å². The lowest BCUT2D eigenvalue weighted by Gasteiger charge is -2.38. The van der Waals surface area contributed by atoms with Gasteiger partial charge in [0.2, 0.25) is 0 Å². The van der Waals surface area contributed by atoms with Crippen molar-refractivity contribution in [1.29, 1.82) is 0 Å². The summed E-state index contributed by atoms with van der Waals surface area (Å²) < 4.78 is 0. The van der Waals surface area contributed by atoms with E-state index in [4.69, 9.17) is 18.0 Å². The van der Waals surface area contributed by atoms with Crippen LogP contribution in [0.4, 0.5) is 0 Å². The van der Waals surface area contributed by atoms with Crippen molar-refractivity contribution in [3.8, 4) is 0 Å². The average molecular weight is 184 g/mol. The number of hydrogen-bond acceptors (Lipinski definition) is 1. The van der Waals surface area contributed by atoms with Crippen molar-refractivity contribution < 1.29 is 0 Å². The van der Waals surface area contributed by atoms with Gasteiger partial charge in [0, 0.05) is 12.6 Å². The van der Waals surface area contributed by atoms with Crippen molar-refractivity contribution in [3.63, 3.8) is 0 Å². The summed E-state index contributed by atoms with van der Waals surface area (Å²) >= 11 is 5.04. The summed E-state index contributed by atoms with van der Waals surface area (Å²) in [5.41, 5.74) is 5.68. The van der Waals surface area contributed by atoms with Gasteiger partial charge in [0.1, 0.15) is 0 Å². The number of nitrogens with two attached hydrogens (primary N) is 1.